The van der Waals surface area contributed by atoms with Gasteiger partial charge in [-0.3, -0.25) is 0 Å². The molecule has 142 valence electrons. The molecular weight excluding hydrogens is 378 g/mol. The summed E-state index contributed by atoms with van der Waals surface area (Å²) in [6, 6.07) is 19.0. The Labute approximate surface area is 162 Å². The Bertz CT molecular complexity index is 1170. The SMILES string of the molecule is NS(=O)(=O)Cc1ccc2c(c1)C(c1ccccc1)Oc1ccc3c(c1-2)OCO3. The molecule has 0 saturated carbocycles. The Hall–Kier alpha value is -3.03. The van der Waals surface area contributed by atoms with Gasteiger partial charge in [-0.25, -0.2) is 13.6 Å². The Kier molecular flexibility index (Phi) is 3.82. The van der Waals surface area contributed by atoms with Crippen molar-refractivity contribution in [3.63, 3.8) is 0 Å². The molecule has 5 rings (SSSR count). The fourth-order valence-electron chi connectivity index (χ4n) is 3.75. The summed E-state index contributed by atoms with van der Waals surface area (Å²) in [5.74, 6) is 1.77. The summed E-state index contributed by atoms with van der Waals surface area (Å²) in [7, 11) is -3.64. The summed E-state index contributed by atoms with van der Waals surface area (Å²) < 4.78 is 40.7. The van der Waals surface area contributed by atoms with Gasteiger partial charge in [0.1, 0.15) is 11.9 Å². The maximum Gasteiger partial charge on any atom is 0.231 e. The lowest BCUT2D eigenvalue weighted by Crippen LogP contribution is -2.18. The van der Waals surface area contributed by atoms with E-state index in [4.69, 9.17) is 19.3 Å². The first-order valence-electron chi connectivity index (χ1n) is 8.77. The fraction of sp³-hybridized carbons (Fsp3) is 0.143. The molecule has 1 unspecified atom stereocenters. The normalized spacial score (nSPS) is 16.8. The molecule has 0 radical (unpaired) electrons. The number of fused-ring (bicyclic) bond motifs is 5. The lowest BCUT2D eigenvalue weighted by molar-refractivity contribution is 0.174. The standard InChI is InChI=1S/C21H17NO5S/c22-28(23,24)11-13-6-7-15-16(10-13)20(14-4-2-1-3-5-14)27-17-8-9-18-21(19(15)17)26-12-25-18/h1-10,20H,11-12H2,(H2,22,23,24). The van der Waals surface area contributed by atoms with Crippen molar-refractivity contribution in [3.05, 3.63) is 77.4 Å². The van der Waals surface area contributed by atoms with Crippen LogP contribution in [0.1, 0.15) is 22.8 Å². The molecule has 2 aliphatic rings. The smallest absolute Gasteiger partial charge is 0.231 e. The number of rotatable bonds is 3. The van der Waals surface area contributed by atoms with Crippen molar-refractivity contribution in [2.45, 2.75) is 11.9 Å². The summed E-state index contributed by atoms with van der Waals surface area (Å²) in [5.41, 5.74) is 4.19. The molecule has 3 aromatic carbocycles. The van der Waals surface area contributed by atoms with Crippen LogP contribution in [-0.2, 0) is 15.8 Å². The number of hydrogen-bond acceptors (Lipinski definition) is 5. The van der Waals surface area contributed by atoms with E-state index in [1.807, 2.05) is 54.6 Å². The van der Waals surface area contributed by atoms with Gasteiger partial charge in [0.25, 0.3) is 0 Å². The van der Waals surface area contributed by atoms with E-state index < -0.39 is 10.0 Å². The highest BCUT2D eigenvalue weighted by Crippen LogP contribution is 2.53. The summed E-state index contributed by atoms with van der Waals surface area (Å²) in [6.45, 7) is 0.159. The molecule has 28 heavy (non-hydrogen) atoms. The van der Waals surface area contributed by atoms with Gasteiger partial charge < -0.3 is 14.2 Å². The van der Waals surface area contributed by atoms with Crippen molar-refractivity contribution in [2.75, 3.05) is 6.79 Å². The zero-order valence-corrected chi connectivity index (χ0v) is 15.6. The number of ether oxygens (including phenoxy) is 3. The van der Waals surface area contributed by atoms with Gasteiger partial charge in [-0.05, 0) is 28.8 Å². The predicted octanol–water partition coefficient (Wildman–Crippen LogP) is 3.35. The quantitative estimate of drug-likeness (QED) is 0.735. The zero-order valence-electron chi connectivity index (χ0n) is 14.8. The van der Waals surface area contributed by atoms with Gasteiger partial charge in [-0.2, -0.15) is 0 Å². The first kappa shape index (κ1) is 17.1. The van der Waals surface area contributed by atoms with Crippen LogP contribution in [0.5, 0.6) is 17.2 Å². The van der Waals surface area contributed by atoms with E-state index in [1.165, 1.54) is 0 Å². The second kappa shape index (κ2) is 6.25. The zero-order chi connectivity index (χ0) is 19.3. The van der Waals surface area contributed by atoms with Gasteiger partial charge in [0.05, 0.1) is 11.3 Å². The predicted molar refractivity (Wildman–Crippen MR) is 104 cm³/mol. The Morgan fingerprint density at radius 3 is 2.54 bits per heavy atom. The lowest BCUT2D eigenvalue weighted by atomic mass is 9.88. The summed E-state index contributed by atoms with van der Waals surface area (Å²) in [6.07, 6.45) is -0.371. The number of benzene rings is 3. The second-order valence-electron chi connectivity index (χ2n) is 6.81. The van der Waals surface area contributed by atoms with Gasteiger partial charge >= 0.3 is 0 Å². The molecule has 0 aliphatic carbocycles. The molecule has 2 heterocycles. The van der Waals surface area contributed by atoms with Crippen LogP contribution in [0.15, 0.2) is 60.7 Å². The van der Waals surface area contributed by atoms with Crippen LogP contribution in [0.3, 0.4) is 0 Å². The topological polar surface area (TPSA) is 87.9 Å². The van der Waals surface area contributed by atoms with E-state index in [0.29, 0.717) is 22.8 Å². The van der Waals surface area contributed by atoms with Crippen LogP contribution >= 0.6 is 0 Å². The van der Waals surface area contributed by atoms with E-state index >= 15 is 0 Å². The number of primary sulfonamides is 1. The number of sulfonamides is 1. The molecule has 0 bridgehead atoms. The van der Waals surface area contributed by atoms with E-state index in [9.17, 15) is 8.42 Å². The summed E-state index contributed by atoms with van der Waals surface area (Å²) in [5, 5.41) is 5.24. The van der Waals surface area contributed by atoms with E-state index in [1.54, 1.807) is 6.07 Å². The minimum Gasteiger partial charge on any atom is -0.480 e. The minimum absolute atomic E-state index is 0.159. The monoisotopic (exact) mass is 395 g/mol. The van der Waals surface area contributed by atoms with Gasteiger partial charge in [0, 0.05) is 5.56 Å². The van der Waals surface area contributed by atoms with Gasteiger partial charge in [0.2, 0.25) is 16.8 Å². The van der Waals surface area contributed by atoms with Gasteiger partial charge in [0.15, 0.2) is 11.5 Å². The maximum atomic E-state index is 11.6. The van der Waals surface area contributed by atoms with Crippen molar-refractivity contribution < 1.29 is 22.6 Å². The van der Waals surface area contributed by atoms with Crippen molar-refractivity contribution in [1.82, 2.24) is 0 Å². The highest BCUT2D eigenvalue weighted by Gasteiger charge is 2.33. The molecule has 3 aromatic rings. The number of nitrogens with two attached hydrogens (primary N) is 1. The maximum absolute atomic E-state index is 11.6. The molecule has 0 spiro atoms. The van der Waals surface area contributed by atoms with Crippen molar-refractivity contribution in [3.8, 4) is 28.4 Å². The van der Waals surface area contributed by atoms with Gasteiger partial charge in [-0.1, -0.05) is 48.5 Å². The minimum atomic E-state index is -3.64. The Morgan fingerprint density at radius 2 is 1.75 bits per heavy atom. The number of hydrogen-bond donors (Lipinski definition) is 1. The molecule has 0 saturated heterocycles. The van der Waals surface area contributed by atoms with Crippen molar-refractivity contribution in [1.29, 1.82) is 0 Å². The van der Waals surface area contributed by atoms with Gasteiger partial charge in [-0.15, -0.1) is 0 Å². The van der Waals surface area contributed by atoms with E-state index in [-0.39, 0.29) is 18.6 Å². The molecule has 6 nitrogen and oxygen atoms in total. The largest absolute Gasteiger partial charge is 0.480 e. The average molecular weight is 395 g/mol. The summed E-state index contributed by atoms with van der Waals surface area (Å²) >= 11 is 0. The second-order valence-corrected chi connectivity index (χ2v) is 8.42. The third-order valence-corrected chi connectivity index (χ3v) is 5.62. The van der Waals surface area contributed by atoms with E-state index in [2.05, 4.69) is 0 Å². The van der Waals surface area contributed by atoms with Crippen molar-refractivity contribution >= 4 is 10.0 Å². The van der Waals surface area contributed by atoms with Crippen LogP contribution in [0.25, 0.3) is 11.1 Å². The highest BCUT2D eigenvalue weighted by molar-refractivity contribution is 7.88. The molecule has 2 aliphatic heterocycles. The lowest BCUT2D eigenvalue weighted by Gasteiger charge is -2.30. The fourth-order valence-corrected chi connectivity index (χ4v) is 4.40. The highest BCUT2D eigenvalue weighted by atomic mass is 32.2. The Balaban J connectivity index is 1.72. The average Bonchev–Trinajstić information content (AvgIpc) is 3.15. The molecule has 0 fully saturated rings. The molecular formula is C21H17NO5S. The first-order chi connectivity index (χ1) is 13.5. The van der Waals surface area contributed by atoms with Crippen molar-refractivity contribution in [2.24, 2.45) is 5.14 Å². The molecule has 0 aromatic heterocycles. The van der Waals surface area contributed by atoms with E-state index in [0.717, 1.165) is 22.3 Å². The molecule has 7 heteroatoms. The third-order valence-electron chi connectivity index (χ3n) is 4.88. The first-order valence-corrected chi connectivity index (χ1v) is 10.5. The van der Waals surface area contributed by atoms with Crippen LogP contribution < -0.4 is 19.3 Å². The Morgan fingerprint density at radius 1 is 0.964 bits per heavy atom. The van der Waals surface area contributed by atoms with Crippen LogP contribution in [0.2, 0.25) is 0 Å². The molecule has 1 atom stereocenters. The molecule has 0 amide bonds. The third kappa shape index (κ3) is 2.89. The molecule has 2 N–H and O–H groups in total. The van der Waals surface area contributed by atoms with Crippen LogP contribution in [0.4, 0.5) is 0 Å². The summed E-state index contributed by atoms with van der Waals surface area (Å²) in [4.78, 5) is 0. The van der Waals surface area contributed by atoms with Crippen LogP contribution in [-0.4, -0.2) is 15.2 Å². The van der Waals surface area contributed by atoms with Crippen LogP contribution in [0, 0.1) is 0 Å².